The smallest absolute Gasteiger partial charge is 0.271 e. The first-order valence-corrected chi connectivity index (χ1v) is 6.58. The van der Waals surface area contributed by atoms with E-state index in [0.29, 0.717) is 15.6 Å². The van der Waals surface area contributed by atoms with E-state index in [2.05, 4.69) is 10.5 Å². The summed E-state index contributed by atoms with van der Waals surface area (Å²) in [4.78, 5) is 11.8. The summed E-state index contributed by atoms with van der Waals surface area (Å²) in [5.74, 6) is 1.17. The molecular formula is C14H12Cl2N2O2. The van der Waals surface area contributed by atoms with Gasteiger partial charge in [0.1, 0.15) is 11.5 Å². The Labute approximate surface area is 126 Å². The van der Waals surface area contributed by atoms with Gasteiger partial charge in [0.25, 0.3) is 5.91 Å². The van der Waals surface area contributed by atoms with Gasteiger partial charge in [-0.3, -0.25) is 4.79 Å². The second-order valence-electron chi connectivity index (χ2n) is 4.20. The van der Waals surface area contributed by atoms with Crippen LogP contribution in [-0.4, -0.2) is 12.1 Å². The van der Waals surface area contributed by atoms with Crippen LogP contribution in [0.15, 0.2) is 33.8 Å². The Morgan fingerprint density at radius 1 is 1.25 bits per heavy atom. The number of carbonyl (C=O) groups excluding carboxylic acids is 1. The minimum Gasteiger partial charge on any atom is -0.466 e. The van der Waals surface area contributed by atoms with Crippen molar-refractivity contribution >= 4 is 35.3 Å². The van der Waals surface area contributed by atoms with Crippen molar-refractivity contribution in [1.82, 2.24) is 5.43 Å². The van der Waals surface area contributed by atoms with Gasteiger partial charge in [0, 0.05) is 11.1 Å². The summed E-state index contributed by atoms with van der Waals surface area (Å²) in [6, 6.07) is 6.46. The molecule has 1 amide bonds. The Hall–Kier alpha value is -1.78. The Kier molecular flexibility index (Phi) is 4.47. The summed E-state index contributed by atoms with van der Waals surface area (Å²) in [6.45, 7) is 3.67. The predicted molar refractivity (Wildman–Crippen MR) is 79.7 cm³/mol. The zero-order chi connectivity index (χ0) is 14.7. The van der Waals surface area contributed by atoms with Crippen molar-refractivity contribution in [3.63, 3.8) is 0 Å². The first kappa shape index (κ1) is 14.6. The normalized spacial score (nSPS) is 11.0. The number of hydrogen-bond acceptors (Lipinski definition) is 3. The third-order valence-corrected chi connectivity index (χ3v) is 3.37. The molecule has 0 aliphatic rings. The molecule has 1 N–H and O–H groups in total. The van der Waals surface area contributed by atoms with Crippen LogP contribution in [0.5, 0.6) is 0 Å². The first-order valence-electron chi connectivity index (χ1n) is 5.83. The molecule has 1 aromatic carbocycles. The molecule has 0 unspecified atom stereocenters. The highest BCUT2D eigenvalue weighted by Gasteiger charge is 2.07. The number of carbonyl (C=O) groups is 1. The van der Waals surface area contributed by atoms with E-state index in [1.807, 2.05) is 19.9 Å². The van der Waals surface area contributed by atoms with Crippen LogP contribution < -0.4 is 5.43 Å². The van der Waals surface area contributed by atoms with Gasteiger partial charge in [-0.15, -0.1) is 0 Å². The standard InChI is InChI=1S/C14H12Cl2N2O2/c1-8-5-11(9(2)20-8)7-17-18-14(19)10-3-4-12(15)13(16)6-10/h3-7H,1-2H3,(H,18,19)/b17-7+. The van der Waals surface area contributed by atoms with Crippen molar-refractivity contribution in [2.75, 3.05) is 0 Å². The van der Waals surface area contributed by atoms with Crippen LogP contribution in [0.25, 0.3) is 0 Å². The lowest BCUT2D eigenvalue weighted by Crippen LogP contribution is -2.17. The fourth-order valence-corrected chi connectivity index (χ4v) is 1.94. The molecule has 0 atom stereocenters. The quantitative estimate of drug-likeness (QED) is 0.689. The Morgan fingerprint density at radius 2 is 2.00 bits per heavy atom. The largest absolute Gasteiger partial charge is 0.466 e. The Bertz CT molecular complexity index is 678. The number of furan rings is 1. The molecule has 0 bridgehead atoms. The molecule has 104 valence electrons. The van der Waals surface area contributed by atoms with Gasteiger partial charge in [0.2, 0.25) is 0 Å². The maximum absolute atomic E-state index is 11.8. The fourth-order valence-electron chi connectivity index (χ4n) is 1.64. The van der Waals surface area contributed by atoms with E-state index < -0.39 is 0 Å². The maximum atomic E-state index is 11.8. The summed E-state index contributed by atoms with van der Waals surface area (Å²) in [6.07, 6.45) is 1.53. The van der Waals surface area contributed by atoms with Gasteiger partial charge in [-0.2, -0.15) is 5.10 Å². The summed E-state index contributed by atoms with van der Waals surface area (Å²) in [5, 5.41) is 4.61. The molecule has 0 radical (unpaired) electrons. The van der Waals surface area contributed by atoms with E-state index in [0.717, 1.165) is 17.1 Å². The molecule has 20 heavy (non-hydrogen) atoms. The average molecular weight is 311 g/mol. The molecule has 2 rings (SSSR count). The average Bonchev–Trinajstić information content (AvgIpc) is 2.71. The molecule has 4 nitrogen and oxygen atoms in total. The highest BCUT2D eigenvalue weighted by Crippen LogP contribution is 2.22. The molecule has 0 saturated carbocycles. The number of amides is 1. The summed E-state index contributed by atoms with van der Waals surface area (Å²) in [5.41, 5.74) is 3.62. The van der Waals surface area contributed by atoms with Crippen LogP contribution in [0.2, 0.25) is 10.0 Å². The number of halogens is 2. The third kappa shape index (κ3) is 3.40. The Morgan fingerprint density at radius 3 is 2.60 bits per heavy atom. The number of nitrogens with zero attached hydrogens (tertiary/aromatic N) is 1. The van der Waals surface area contributed by atoms with Crippen LogP contribution in [-0.2, 0) is 0 Å². The maximum Gasteiger partial charge on any atom is 0.271 e. The lowest BCUT2D eigenvalue weighted by Gasteiger charge is -2.01. The van der Waals surface area contributed by atoms with E-state index in [1.54, 1.807) is 12.1 Å². The van der Waals surface area contributed by atoms with Crippen molar-refractivity contribution in [1.29, 1.82) is 0 Å². The molecule has 6 heteroatoms. The number of benzene rings is 1. The van der Waals surface area contributed by atoms with Crippen LogP contribution in [0.4, 0.5) is 0 Å². The van der Waals surface area contributed by atoms with E-state index >= 15 is 0 Å². The summed E-state index contributed by atoms with van der Waals surface area (Å²) < 4.78 is 5.35. The van der Waals surface area contributed by atoms with Crippen LogP contribution in [0, 0.1) is 13.8 Å². The number of hydrazone groups is 1. The minimum atomic E-state index is -0.363. The van der Waals surface area contributed by atoms with Crippen molar-refractivity contribution < 1.29 is 9.21 Å². The van der Waals surface area contributed by atoms with Gasteiger partial charge in [0.15, 0.2) is 0 Å². The minimum absolute atomic E-state index is 0.324. The topological polar surface area (TPSA) is 54.6 Å². The van der Waals surface area contributed by atoms with Gasteiger partial charge in [-0.25, -0.2) is 5.43 Å². The fraction of sp³-hybridized carbons (Fsp3) is 0.143. The molecule has 1 aromatic heterocycles. The van der Waals surface area contributed by atoms with Gasteiger partial charge in [0.05, 0.1) is 16.3 Å². The summed E-state index contributed by atoms with van der Waals surface area (Å²) >= 11 is 11.6. The SMILES string of the molecule is Cc1cc(/C=N/NC(=O)c2ccc(Cl)c(Cl)c2)c(C)o1. The van der Waals surface area contributed by atoms with Crippen LogP contribution >= 0.6 is 23.2 Å². The molecule has 0 aliphatic heterocycles. The van der Waals surface area contributed by atoms with E-state index in [-0.39, 0.29) is 5.91 Å². The zero-order valence-corrected chi connectivity index (χ0v) is 12.4. The third-order valence-electron chi connectivity index (χ3n) is 2.63. The molecule has 0 fully saturated rings. The first-order chi connectivity index (χ1) is 9.47. The second kappa shape index (κ2) is 6.11. The summed E-state index contributed by atoms with van der Waals surface area (Å²) in [7, 11) is 0. The predicted octanol–water partition coefficient (Wildman–Crippen LogP) is 3.97. The van der Waals surface area contributed by atoms with Gasteiger partial charge >= 0.3 is 0 Å². The van der Waals surface area contributed by atoms with Gasteiger partial charge < -0.3 is 4.42 Å². The molecular weight excluding hydrogens is 299 g/mol. The van der Waals surface area contributed by atoms with E-state index in [4.69, 9.17) is 27.6 Å². The lowest BCUT2D eigenvalue weighted by molar-refractivity contribution is 0.0955. The second-order valence-corrected chi connectivity index (χ2v) is 5.01. The molecule has 0 spiro atoms. The van der Waals surface area contributed by atoms with Crippen molar-refractivity contribution in [3.8, 4) is 0 Å². The highest BCUT2D eigenvalue weighted by molar-refractivity contribution is 6.42. The van der Waals surface area contributed by atoms with Gasteiger partial charge in [-0.1, -0.05) is 23.2 Å². The zero-order valence-electron chi connectivity index (χ0n) is 10.9. The van der Waals surface area contributed by atoms with Gasteiger partial charge in [-0.05, 0) is 38.1 Å². The van der Waals surface area contributed by atoms with E-state index in [9.17, 15) is 4.79 Å². The van der Waals surface area contributed by atoms with Crippen molar-refractivity contribution in [2.24, 2.45) is 5.10 Å². The van der Waals surface area contributed by atoms with E-state index in [1.165, 1.54) is 12.3 Å². The molecule has 0 saturated heterocycles. The number of rotatable bonds is 3. The molecule has 0 aliphatic carbocycles. The molecule has 2 aromatic rings. The number of hydrogen-bond donors (Lipinski definition) is 1. The number of nitrogens with one attached hydrogen (secondary N) is 1. The van der Waals surface area contributed by atoms with Crippen LogP contribution in [0.3, 0.4) is 0 Å². The Balaban J connectivity index is 2.05. The lowest BCUT2D eigenvalue weighted by atomic mass is 10.2. The van der Waals surface area contributed by atoms with Crippen molar-refractivity contribution in [3.05, 3.63) is 57.0 Å². The van der Waals surface area contributed by atoms with Crippen molar-refractivity contribution in [2.45, 2.75) is 13.8 Å². The highest BCUT2D eigenvalue weighted by atomic mass is 35.5. The monoisotopic (exact) mass is 310 g/mol. The number of aryl methyl sites for hydroxylation is 2. The molecule has 1 heterocycles. The van der Waals surface area contributed by atoms with Crippen LogP contribution in [0.1, 0.15) is 27.4 Å².